The minimum Gasteiger partial charge on any atom is -0.497 e. The smallest absolute Gasteiger partial charge is 0.268 e. The van der Waals surface area contributed by atoms with Crippen molar-refractivity contribution in [1.82, 2.24) is 3.97 Å². The van der Waals surface area contributed by atoms with E-state index >= 15 is 4.57 Å². The summed E-state index contributed by atoms with van der Waals surface area (Å²) < 4.78 is 51.9. The van der Waals surface area contributed by atoms with E-state index in [0.717, 1.165) is 16.5 Å². The van der Waals surface area contributed by atoms with Crippen LogP contribution in [0, 0.1) is 6.92 Å². The van der Waals surface area contributed by atoms with Gasteiger partial charge in [0, 0.05) is 16.0 Å². The van der Waals surface area contributed by atoms with E-state index in [9.17, 15) is 8.42 Å². The van der Waals surface area contributed by atoms with Gasteiger partial charge < -0.3 is 9.30 Å². The third kappa shape index (κ3) is 4.77. The second-order valence-corrected chi connectivity index (χ2v) is 14.9. The molecule has 0 fully saturated rings. The Bertz CT molecular complexity index is 1960. The standard InChI is InChI=1S/C35H30NO4PS/c1-26-17-23-32(24-18-26)42(38,39)36-33-16-10-9-11-28(33)25-34(36)35(27-19-21-29(40-2)22-20-27)41(37,30-12-5-3-6-13-30)31-14-7-4-8-15-31/h3-25,35H,1-2H3. The van der Waals surface area contributed by atoms with Gasteiger partial charge in [-0.15, -0.1) is 0 Å². The lowest BCUT2D eigenvalue weighted by Crippen LogP contribution is -2.25. The molecule has 0 aliphatic carbocycles. The van der Waals surface area contributed by atoms with Crippen molar-refractivity contribution >= 4 is 38.7 Å². The Hall–Kier alpha value is -4.38. The first kappa shape index (κ1) is 27.8. The zero-order chi connectivity index (χ0) is 29.3. The van der Waals surface area contributed by atoms with Crippen molar-refractivity contribution in [3.8, 4) is 5.75 Å². The fraction of sp³-hybridized carbons (Fsp3) is 0.0857. The van der Waals surface area contributed by atoms with E-state index in [4.69, 9.17) is 4.74 Å². The molecule has 42 heavy (non-hydrogen) atoms. The van der Waals surface area contributed by atoms with Gasteiger partial charge in [-0.2, -0.15) is 0 Å². The molecule has 210 valence electrons. The maximum absolute atomic E-state index is 16.0. The lowest BCUT2D eigenvalue weighted by Gasteiger charge is -2.30. The fourth-order valence-electron chi connectivity index (χ4n) is 5.52. The lowest BCUT2D eigenvalue weighted by molar-refractivity contribution is 0.414. The number of nitrogens with zero attached hydrogens (tertiary/aromatic N) is 1. The Kier molecular flexibility index (Phi) is 7.36. The van der Waals surface area contributed by atoms with Crippen LogP contribution >= 0.6 is 7.14 Å². The number of methoxy groups -OCH3 is 1. The van der Waals surface area contributed by atoms with Crippen LogP contribution in [-0.4, -0.2) is 19.5 Å². The average molecular weight is 592 g/mol. The van der Waals surface area contributed by atoms with Crippen LogP contribution in [0.1, 0.15) is 22.5 Å². The Balaban J connectivity index is 1.74. The summed E-state index contributed by atoms with van der Waals surface area (Å²) in [5.74, 6) is 0.652. The molecule has 5 nitrogen and oxygen atoms in total. The molecule has 0 saturated heterocycles. The Morgan fingerprint density at radius 1 is 0.690 bits per heavy atom. The molecule has 1 unspecified atom stereocenters. The topological polar surface area (TPSA) is 65.4 Å². The van der Waals surface area contributed by atoms with Gasteiger partial charge in [0.15, 0.2) is 7.14 Å². The Morgan fingerprint density at radius 3 is 1.81 bits per heavy atom. The summed E-state index contributed by atoms with van der Waals surface area (Å²) in [6.07, 6.45) is 0. The Morgan fingerprint density at radius 2 is 1.24 bits per heavy atom. The number of fused-ring (bicyclic) bond motifs is 1. The molecule has 1 heterocycles. The quantitative estimate of drug-likeness (QED) is 0.174. The number of benzene rings is 5. The number of rotatable bonds is 8. The summed E-state index contributed by atoms with van der Waals surface area (Å²) in [6, 6.07) is 42.2. The first-order valence-corrected chi connectivity index (χ1v) is 16.8. The van der Waals surface area contributed by atoms with Crippen molar-refractivity contribution < 1.29 is 17.7 Å². The number of para-hydroxylation sites is 1. The molecular weight excluding hydrogens is 561 g/mol. The van der Waals surface area contributed by atoms with E-state index in [1.54, 1.807) is 37.4 Å². The van der Waals surface area contributed by atoms with Crippen LogP contribution in [0.4, 0.5) is 0 Å². The van der Waals surface area contributed by atoms with E-state index in [-0.39, 0.29) is 4.90 Å². The van der Waals surface area contributed by atoms with Gasteiger partial charge >= 0.3 is 0 Å². The van der Waals surface area contributed by atoms with Gasteiger partial charge in [0.2, 0.25) is 0 Å². The summed E-state index contributed by atoms with van der Waals surface area (Å²) in [4.78, 5) is 0.165. The molecule has 1 aromatic heterocycles. The first-order chi connectivity index (χ1) is 20.3. The highest BCUT2D eigenvalue weighted by Gasteiger charge is 2.42. The summed E-state index contributed by atoms with van der Waals surface area (Å²) in [6.45, 7) is 1.92. The first-order valence-electron chi connectivity index (χ1n) is 13.6. The fourth-order valence-corrected chi connectivity index (χ4v) is 10.4. The van der Waals surface area contributed by atoms with Crippen LogP contribution < -0.4 is 15.3 Å². The summed E-state index contributed by atoms with van der Waals surface area (Å²) in [7, 11) is -6.07. The maximum atomic E-state index is 16.0. The highest BCUT2D eigenvalue weighted by molar-refractivity contribution is 7.90. The molecule has 0 aliphatic rings. The molecule has 6 rings (SSSR count). The minimum atomic E-state index is -4.09. The molecule has 0 spiro atoms. The van der Waals surface area contributed by atoms with Gasteiger partial charge in [0.1, 0.15) is 5.75 Å². The van der Waals surface area contributed by atoms with E-state index in [2.05, 4.69) is 0 Å². The predicted octanol–water partition coefficient (Wildman–Crippen LogP) is 7.30. The van der Waals surface area contributed by atoms with E-state index < -0.39 is 22.8 Å². The van der Waals surface area contributed by atoms with Gasteiger partial charge in [0.05, 0.1) is 28.9 Å². The molecule has 1 atom stereocenters. The van der Waals surface area contributed by atoms with Gasteiger partial charge in [-0.25, -0.2) is 12.4 Å². The predicted molar refractivity (Wildman–Crippen MR) is 170 cm³/mol. The maximum Gasteiger partial charge on any atom is 0.268 e. The van der Waals surface area contributed by atoms with E-state index in [1.807, 2.05) is 116 Å². The molecular formula is C35H30NO4PS. The van der Waals surface area contributed by atoms with Crippen molar-refractivity contribution in [3.63, 3.8) is 0 Å². The van der Waals surface area contributed by atoms with Crippen LogP contribution in [0.2, 0.25) is 0 Å². The second kappa shape index (κ2) is 11.1. The van der Waals surface area contributed by atoms with Crippen LogP contribution in [0.15, 0.2) is 144 Å². The molecule has 0 radical (unpaired) electrons. The normalized spacial score (nSPS) is 12.7. The SMILES string of the molecule is COc1ccc(C(c2cc3ccccc3n2S(=O)(=O)c2ccc(C)cc2)P(=O)(c2ccccc2)c2ccccc2)cc1. The second-order valence-electron chi connectivity index (χ2n) is 10.2. The van der Waals surface area contributed by atoms with E-state index in [1.165, 1.54) is 3.97 Å². The van der Waals surface area contributed by atoms with Crippen LogP contribution in [0.25, 0.3) is 10.9 Å². The monoisotopic (exact) mass is 591 g/mol. The van der Waals surface area contributed by atoms with Crippen molar-refractivity contribution in [3.05, 3.63) is 156 Å². The summed E-state index contributed by atoms with van der Waals surface area (Å²) >= 11 is 0. The van der Waals surface area contributed by atoms with Crippen molar-refractivity contribution in [2.75, 3.05) is 7.11 Å². The van der Waals surface area contributed by atoms with Gasteiger partial charge in [-0.1, -0.05) is 109 Å². The Labute approximate surface area is 246 Å². The summed E-state index contributed by atoms with van der Waals surface area (Å²) in [5.41, 5.74) is 1.80. The lowest BCUT2D eigenvalue weighted by atomic mass is 10.1. The highest BCUT2D eigenvalue weighted by Crippen LogP contribution is 2.61. The highest BCUT2D eigenvalue weighted by atomic mass is 32.2. The molecule has 5 aromatic carbocycles. The number of aryl methyl sites for hydroxylation is 1. The van der Waals surface area contributed by atoms with Crippen molar-refractivity contribution in [2.24, 2.45) is 0 Å². The average Bonchev–Trinajstić information content (AvgIpc) is 3.42. The molecule has 6 aromatic rings. The molecule has 0 bridgehead atoms. The number of ether oxygens (including phenoxy) is 1. The van der Waals surface area contributed by atoms with Crippen LogP contribution in [-0.2, 0) is 14.6 Å². The summed E-state index contributed by atoms with van der Waals surface area (Å²) in [5, 5.41) is 2.03. The van der Waals surface area contributed by atoms with Gasteiger partial charge in [-0.3, -0.25) is 0 Å². The van der Waals surface area contributed by atoms with E-state index in [0.29, 0.717) is 27.6 Å². The van der Waals surface area contributed by atoms with Gasteiger partial charge in [-0.05, 0) is 48.9 Å². The van der Waals surface area contributed by atoms with Crippen LogP contribution in [0.3, 0.4) is 0 Å². The minimum absolute atomic E-state index is 0.165. The molecule has 0 amide bonds. The van der Waals surface area contributed by atoms with Crippen molar-refractivity contribution in [2.45, 2.75) is 17.5 Å². The zero-order valence-electron chi connectivity index (χ0n) is 23.3. The van der Waals surface area contributed by atoms with Crippen LogP contribution in [0.5, 0.6) is 5.75 Å². The zero-order valence-corrected chi connectivity index (χ0v) is 25.0. The number of aromatic nitrogens is 1. The van der Waals surface area contributed by atoms with Crippen molar-refractivity contribution in [1.29, 1.82) is 0 Å². The molecule has 0 N–H and O–H groups in total. The number of hydrogen-bond donors (Lipinski definition) is 0. The third-order valence-electron chi connectivity index (χ3n) is 7.61. The molecule has 7 heteroatoms. The van der Waals surface area contributed by atoms with Gasteiger partial charge in [0.25, 0.3) is 10.0 Å². The molecule has 0 saturated carbocycles. The third-order valence-corrected chi connectivity index (χ3v) is 12.8. The molecule has 0 aliphatic heterocycles. The number of hydrogen-bond acceptors (Lipinski definition) is 4. The largest absolute Gasteiger partial charge is 0.497 e.